The number of anilines is 5. The number of methoxy groups -OCH3 is 1. The highest BCUT2D eigenvalue weighted by Crippen LogP contribution is 2.41. The summed E-state index contributed by atoms with van der Waals surface area (Å²) in [7, 11) is 1.64. The van der Waals surface area contributed by atoms with Gasteiger partial charge in [0.05, 0.1) is 36.8 Å². The van der Waals surface area contributed by atoms with Crippen LogP contribution >= 0.6 is 0 Å². The maximum atomic E-state index is 12.6. The highest BCUT2D eigenvalue weighted by atomic mass is 16.7. The number of hydroxylamine groups is 1. The SMILES string of the molecule is C=CC(=O)Nc1cc(Nc2cc(N3OCC[C@@H]3c3cccc(Oc4ccccc4)c3)ncn2)c(OC)cc1N1CCN(C2CC2)[C@@H](C)C1. The zero-order valence-corrected chi connectivity index (χ0v) is 27.3. The molecular formula is C37H41N7O4. The Balaban J connectivity index is 1.13. The smallest absolute Gasteiger partial charge is 0.247 e. The fourth-order valence-electron chi connectivity index (χ4n) is 6.60. The van der Waals surface area contributed by atoms with E-state index in [4.69, 9.17) is 14.3 Å². The number of ether oxygens (including phenoxy) is 2. The number of rotatable bonds is 11. The van der Waals surface area contributed by atoms with Gasteiger partial charge in [0.25, 0.3) is 0 Å². The Labute approximate surface area is 281 Å². The summed E-state index contributed by atoms with van der Waals surface area (Å²) >= 11 is 0. The zero-order valence-electron chi connectivity index (χ0n) is 27.3. The molecule has 2 aliphatic heterocycles. The number of para-hydroxylation sites is 1. The predicted molar refractivity (Wildman–Crippen MR) is 187 cm³/mol. The second-order valence-electron chi connectivity index (χ2n) is 12.4. The Morgan fingerprint density at radius 1 is 0.979 bits per heavy atom. The van der Waals surface area contributed by atoms with E-state index in [0.717, 1.165) is 48.8 Å². The van der Waals surface area contributed by atoms with Crippen molar-refractivity contribution in [1.82, 2.24) is 14.9 Å². The first-order valence-corrected chi connectivity index (χ1v) is 16.5. The van der Waals surface area contributed by atoms with Crippen LogP contribution in [0.4, 0.5) is 28.7 Å². The molecule has 248 valence electrons. The van der Waals surface area contributed by atoms with Crippen LogP contribution in [0.25, 0.3) is 0 Å². The third kappa shape index (κ3) is 6.92. The molecule has 2 saturated heterocycles. The lowest BCUT2D eigenvalue weighted by molar-refractivity contribution is -0.111. The number of carbonyl (C=O) groups is 1. The van der Waals surface area contributed by atoms with Crippen LogP contribution in [0, 0.1) is 0 Å². The first-order chi connectivity index (χ1) is 23.5. The van der Waals surface area contributed by atoms with Gasteiger partial charge in [0.2, 0.25) is 5.91 Å². The van der Waals surface area contributed by atoms with Gasteiger partial charge in [-0.05, 0) is 61.7 Å². The predicted octanol–water partition coefficient (Wildman–Crippen LogP) is 6.70. The van der Waals surface area contributed by atoms with Crippen molar-refractivity contribution < 1.29 is 19.1 Å². The standard InChI is InChI=1S/C37H41N7O4/c1-4-37(45)41-30-20-31(34(46-3)21-33(30)42-16-17-43(25(2)23-42)27-13-14-27)40-35-22-36(39-24-38-35)44-32(15-18-47-44)26-9-8-12-29(19-26)48-28-10-6-5-7-11-28/h4-12,19-22,24-25,27,32H,1,13-18,23H2,2-3H3,(H,41,45)(H,38,39,40)/t25-,32+/m0/s1. The first kappa shape index (κ1) is 31.5. The van der Waals surface area contributed by atoms with E-state index in [-0.39, 0.29) is 11.9 Å². The molecule has 11 heteroatoms. The van der Waals surface area contributed by atoms with Crippen LogP contribution in [0.1, 0.15) is 37.8 Å². The molecule has 48 heavy (non-hydrogen) atoms. The number of hydrogen-bond donors (Lipinski definition) is 2. The topological polar surface area (TPSA) is 104 Å². The molecule has 4 aromatic rings. The van der Waals surface area contributed by atoms with Crippen molar-refractivity contribution in [2.45, 2.75) is 44.3 Å². The van der Waals surface area contributed by atoms with Gasteiger partial charge in [-0.25, -0.2) is 15.0 Å². The molecule has 1 saturated carbocycles. The van der Waals surface area contributed by atoms with Gasteiger partial charge in [-0.2, -0.15) is 0 Å². The minimum Gasteiger partial charge on any atom is -0.494 e. The van der Waals surface area contributed by atoms with Gasteiger partial charge in [-0.3, -0.25) is 14.5 Å². The van der Waals surface area contributed by atoms with Gasteiger partial charge in [-0.15, -0.1) is 0 Å². The van der Waals surface area contributed by atoms with Crippen molar-refractivity contribution in [2.75, 3.05) is 53.9 Å². The molecule has 0 spiro atoms. The van der Waals surface area contributed by atoms with E-state index in [1.54, 1.807) is 7.11 Å². The van der Waals surface area contributed by atoms with E-state index >= 15 is 0 Å². The summed E-state index contributed by atoms with van der Waals surface area (Å²) in [5.41, 5.74) is 3.29. The van der Waals surface area contributed by atoms with Gasteiger partial charge in [-0.1, -0.05) is 36.9 Å². The summed E-state index contributed by atoms with van der Waals surface area (Å²) in [6.07, 6.45) is 6.14. The second-order valence-corrected chi connectivity index (χ2v) is 12.4. The van der Waals surface area contributed by atoms with Crippen LogP contribution in [0.15, 0.2) is 91.8 Å². The average Bonchev–Trinajstić information content (AvgIpc) is 3.83. The van der Waals surface area contributed by atoms with Crippen LogP contribution < -0.4 is 30.1 Å². The maximum absolute atomic E-state index is 12.6. The van der Waals surface area contributed by atoms with Gasteiger partial charge in [0, 0.05) is 50.3 Å². The number of benzene rings is 3. The molecule has 0 unspecified atom stereocenters. The molecular weight excluding hydrogens is 606 g/mol. The number of nitrogens with one attached hydrogen (secondary N) is 2. The average molecular weight is 648 g/mol. The molecule has 1 aromatic heterocycles. The highest BCUT2D eigenvalue weighted by molar-refractivity contribution is 6.02. The fourth-order valence-corrected chi connectivity index (χ4v) is 6.60. The Bertz CT molecular complexity index is 1770. The Kier molecular flexibility index (Phi) is 9.13. The largest absolute Gasteiger partial charge is 0.494 e. The number of carbonyl (C=O) groups excluding carboxylic acids is 1. The van der Waals surface area contributed by atoms with Gasteiger partial charge < -0.3 is 25.0 Å². The molecule has 1 amide bonds. The lowest BCUT2D eigenvalue weighted by atomic mass is 10.0. The molecule has 11 nitrogen and oxygen atoms in total. The third-order valence-electron chi connectivity index (χ3n) is 9.06. The molecule has 2 atom stereocenters. The minimum atomic E-state index is -0.281. The maximum Gasteiger partial charge on any atom is 0.247 e. The molecule has 3 heterocycles. The summed E-state index contributed by atoms with van der Waals surface area (Å²) in [5.74, 6) is 3.05. The molecule has 0 radical (unpaired) electrons. The third-order valence-corrected chi connectivity index (χ3v) is 9.06. The van der Waals surface area contributed by atoms with Crippen molar-refractivity contribution in [1.29, 1.82) is 0 Å². The summed E-state index contributed by atoms with van der Waals surface area (Å²) in [4.78, 5) is 32.6. The van der Waals surface area contributed by atoms with E-state index in [0.29, 0.717) is 47.5 Å². The molecule has 2 N–H and O–H groups in total. The minimum absolute atomic E-state index is 0.0654. The lowest BCUT2D eigenvalue weighted by Gasteiger charge is -2.42. The van der Waals surface area contributed by atoms with Gasteiger partial charge >= 0.3 is 0 Å². The normalized spacial score (nSPS) is 19.5. The van der Waals surface area contributed by atoms with E-state index in [1.165, 1.54) is 25.2 Å². The van der Waals surface area contributed by atoms with E-state index in [1.807, 2.05) is 71.8 Å². The van der Waals surface area contributed by atoms with Crippen molar-refractivity contribution in [2.24, 2.45) is 0 Å². The van der Waals surface area contributed by atoms with Crippen LogP contribution in [-0.4, -0.2) is 66.2 Å². The molecule has 1 aliphatic carbocycles. The number of piperazine rings is 1. The number of amides is 1. The Morgan fingerprint density at radius 2 is 1.81 bits per heavy atom. The summed E-state index contributed by atoms with van der Waals surface area (Å²) in [6, 6.07) is 24.5. The van der Waals surface area contributed by atoms with E-state index < -0.39 is 0 Å². The van der Waals surface area contributed by atoms with Crippen LogP contribution in [-0.2, 0) is 9.63 Å². The van der Waals surface area contributed by atoms with Crippen LogP contribution in [0.2, 0.25) is 0 Å². The number of nitrogens with zero attached hydrogens (tertiary/aromatic N) is 5. The molecule has 3 fully saturated rings. The van der Waals surface area contributed by atoms with Crippen molar-refractivity contribution >= 4 is 34.6 Å². The van der Waals surface area contributed by atoms with Crippen molar-refractivity contribution in [3.8, 4) is 17.2 Å². The zero-order chi connectivity index (χ0) is 33.0. The molecule has 0 bridgehead atoms. The number of hydrogen-bond acceptors (Lipinski definition) is 10. The van der Waals surface area contributed by atoms with Crippen LogP contribution in [0.5, 0.6) is 17.2 Å². The van der Waals surface area contributed by atoms with Gasteiger partial charge in [0.1, 0.15) is 29.4 Å². The molecule has 3 aliphatic rings. The molecule has 7 rings (SSSR count). The monoisotopic (exact) mass is 647 g/mol. The Morgan fingerprint density at radius 3 is 2.58 bits per heavy atom. The van der Waals surface area contributed by atoms with E-state index in [9.17, 15) is 4.79 Å². The lowest BCUT2D eigenvalue weighted by Crippen LogP contribution is -2.52. The highest BCUT2D eigenvalue weighted by Gasteiger charge is 2.36. The quantitative estimate of drug-likeness (QED) is 0.171. The second kappa shape index (κ2) is 13.9. The summed E-state index contributed by atoms with van der Waals surface area (Å²) in [5, 5.41) is 8.24. The van der Waals surface area contributed by atoms with E-state index in [2.05, 4.69) is 50.0 Å². The fraction of sp³-hybridized carbons (Fsp3) is 0.324. The van der Waals surface area contributed by atoms with Gasteiger partial charge in [0.15, 0.2) is 5.82 Å². The van der Waals surface area contributed by atoms with Crippen LogP contribution in [0.3, 0.4) is 0 Å². The molecule has 3 aromatic carbocycles. The number of aromatic nitrogens is 2. The first-order valence-electron chi connectivity index (χ1n) is 16.5. The Hall–Kier alpha value is -5.13. The van der Waals surface area contributed by atoms with Crippen molar-refractivity contribution in [3.05, 3.63) is 97.3 Å². The van der Waals surface area contributed by atoms with Crippen molar-refractivity contribution in [3.63, 3.8) is 0 Å². The summed E-state index contributed by atoms with van der Waals surface area (Å²) < 4.78 is 12.0. The summed E-state index contributed by atoms with van der Waals surface area (Å²) in [6.45, 7) is 9.19.